The van der Waals surface area contributed by atoms with Crippen molar-refractivity contribution in [2.24, 2.45) is 0 Å². The molecule has 1 aliphatic heterocycles. The Morgan fingerprint density at radius 1 is 1.53 bits per heavy atom. The van der Waals surface area contributed by atoms with Gasteiger partial charge in [-0.3, -0.25) is 4.68 Å². The van der Waals surface area contributed by atoms with Gasteiger partial charge in [0.05, 0.1) is 16.7 Å². The van der Waals surface area contributed by atoms with Gasteiger partial charge in [-0.15, -0.1) is 0 Å². The second-order valence-corrected chi connectivity index (χ2v) is 5.93. The lowest BCUT2D eigenvalue weighted by Crippen LogP contribution is -2.47. The maximum atomic E-state index is 4.38. The Kier molecular flexibility index (Phi) is 2.90. The van der Waals surface area contributed by atoms with Gasteiger partial charge in [-0.05, 0) is 49.7 Å². The molecule has 0 bridgehead atoms. The fourth-order valence-corrected chi connectivity index (χ4v) is 2.52. The Morgan fingerprint density at radius 2 is 2.27 bits per heavy atom. The average Bonchev–Trinajstić information content (AvgIpc) is 2.57. The minimum atomic E-state index is 0.279. The van der Waals surface area contributed by atoms with E-state index < -0.39 is 0 Å². The van der Waals surface area contributed by atoms with Crippen molar-refractivity contribution < 1.29 is 0 Å². The molecule has 2 heterocycles. The SMILES string of the molecule is CN1CC[C@H](n2cc(Br)cn2)CC1(C)C. The lowest BCUT2D eigenvalue weighted by molar-refractivity contribution is 0.0718. The smallest absolute Gasteiger partial charge is 0.0632 e. The summed E-state index contributed by atoms with van der Waals surface area (Å²) < 4.78 is 3.16. The maximum absolute atomic E-state index is 4.38. The van der Waals surface area contributed by atoms with E-state index in [-0.39, 0.29) is 5.54 Å². The van der Waals surface area contributed by atoms with E-state index in [0.29, 0.717) is 6.04 Å². The standard InChI is InChI=1S/C11H18BrN3/c1-11(2)6-10(4-5-14(11)3)15-8-9(12)7-13-15/h7-8,10H,4-6H2,1-3H3/t10-/m0/s1. The van der Waals surface area contributed by atoms with Crippen LogP contribution in [0.4, 0.5) is 0 Å². The van der Waals surface area contributed by atoms with E-state index in [1.54, 1.807) is 0 Å². The van der Waals surface area contributed by atoms with E-state index in [9.17, 15) is 0 Å². The van der Waals surface area contributed by atoms with Gasteiger partial charge in [-0.25, -0.2) is 0 Å². The molecule has 84 valence electrons. The molecule has 1 atom stereocenters. The molecule has 0 unspecified atom stereocenters. The molecule has 2 rings (SSSR count). The predicted molar refractivity (Wildman–Crippen MR) is 64.9 cm³/mol. The number of hydrogen-bond donors (Lipinski definition) is 0. The highest BCUT2D eigenvalue weighted by Crippen LogP contribution is 2.33. The first-order valence-electron chi connectivity index (χ1n) is 5.40. The molecule has 0 spiro atoms. The molecule has 1 aromatic heterocycles. The van der Waals surface area contributed by atoms with Crippen LogP contribution in [0.5, 0.6) is 0 Å². The van der Waals surface area contributed by atoms with E-state index in [4.69, 9.17) is 0 Å². The molecule has 1 saturated heterocycles. The molecule has 3 nitrogen and oxygen atoms in total. The lowest BCUT2D eigenvalue weighted by atomic mass is 9.88. The number of hydrogen-bond acceptors (Lipinski definition) is 2. The van der Waals surface area contributed by atoms with Crippen LogP contribution in [0.2, 0.25) is 0 Å². The fraction of sp³-hybridized carbons (Fsp3) is 0.727. The van der Waals surface area contributed by atoms with Crippen LogP contribution >= 0.6 is 15.9 Å². The molecule has 1 aliphatic rings. The summed E-state index contributed by atoms with van der Waals surface area (Å²) in [5.74, 6) is 0. The minimum Gasteiger partial charge on any atom is -0.301 e. The van der Waals surface area contributed by atoms with Gasteiger partial charge < -0.3 is 4.90 Å². The maximum Gasteiger partial charge on any atom is 0.0632 e. The van der Waals surface area contributed by atoms with Gasteiger partial charge in [-0.2, -0.15) is 5.10 Å². The third-order valence-electron chi connectivity index (χ3n) is 3.51. The third kappa shape index (κ3) is 2.26. The number of halogens is 1. The van der Waals surface area contributed by atoms with Crippen molar-refractivity contribution in [3.05, 3.63) is 16.9 Å². The second-order valence-electron chi connectivity index (χ2n) is 5.02. The largest absolute Gasteiger partial charge is 0.301 e. The molecule has 0 radical (unpaired) electrons. The van der Waals surface area contributed by atoms with Crippen LogP contribution in [0.1, 0.15) is 32.7 Å². The Labute approximate surface area is 99.6 Å². The van der Waals surface area contributed by atoms with Gasteiger partial charge in [0.2, 0.25) is 0 Å². The average molecular weight is 272 g/mol. The van der Waals surface area contributed by atoms with Crippen molar-refractivity contribution in [3.63, 3.8) is 0 Å². The van der Waals surface area contributed by atoms with Crippen molar-refractivity contribution in [1.82, 2.24) is 14.7 Å². The molecule has 4 heteroatoms. The highest BCUT2D eigenvalue weighted by Gasteiger charge is 2.33. The van der Waals surface area contributed by atoms with Gasteiger partial charge >= 0.3 is 0 Å². The van der Waals surface area contributed by atoms with Crippen LogP contribution in [0, 0.1) is 0 Å². The Bertz CT molecular complexity index is 345. The number of likely N-dealkylation sites (tertiary alicyclic amines) is 1. The molecule has 0 saturated carbocycles. The number of aromatic nitrogens is 2. The fourth-order valence-electron chi connectivity index (χ4n) is 2.22. The van der Waals surface area contributed by atoms with E-state index in [0.717, 1.165) is 17.4 Å². The molecule has 0 aromatic carbocycles. The molecule has 0 aliphatic carbocycles. The van der Waals surface area contributed by atoms with E-state index in [1.165, 1.54) is 6.42 Å². The summed E-state index contributed by atoms with van der Waals surface area (Å²) in [5.41, 5.74) is 0.279. The first-order chi connectivity index (χ1) is 6.99. The molecule has 15 heavy (non-hydrogen) atoms. The molecular formula is C11H18BrN3. The summed E-state index contributed by atoms with van der Waals surface area (Å²) in [6, 6.07) is 0.544. The van der Waals surface area contributed by atoms with Crippen LogP contribution in [-0.4, -0.2) is 33.8 Å². The van der Waals surface area contributed by atoms with Gasteiger partial charge in [0, 0.05) is 18.3 Å². The lowest BCUT2D eigenvalue weighted by Gasteiger charge is -2.43. The molecule has 1 fully saturated rings. The quantitative estimate of drug-likeness (QED) is 0.783. The van der Waals surface area contributed by atoms with Crippen molar-refractivity contribution >= 4 is 15.9 Å². The zero-order chi connectivity index (χ0) is 11.1. The third-order valence-corrected chi connectivity index (χ3v) is 3.92. The highest BCUT2D eigenvalue weighted by molar-refractivity contribution is 9.10. The Balaban J connectivity index is 2.13. The highest BCUT2D eigenvalue weighted by atomic mass is 79.9. The number of rotatable bonds is 1. The normalized spacial score (nSPS) is 26.8. The van der Waals surface area contributed by atoms with Crippen molar-refractivity contribution in [2.45, 2.75) is 38.3 Å². The molecule has 0 amide bonds. The topological polar surface area (TPSA) is 21.1 Å². The molecular weight excluding hydrogens is 254 g/mol. The predicted octanol–water partition coefficient (Wildman–Crippen LogP) is 2.69. The summed E-state index contributed by atoms with van der Waals surface area (Å²) in [7, 11) is 2.20. The van der Waals surface area contributed by atoms with E-state index in [1.807, 2.05) is 6.20 Å². The van der Waals surface area contributed by atoms with Gasteiger partial charge in [-0.1, -0.05) is 0 Å². The van der Waals surface area contributed by atoms with E-state index >= 15 is 0 Å². The van der Waals surface area contributed by atoms with Crippen molar-refractivity contribution in [3.8, 4) is 0 Å². The van der Waals surface area contributed by atoms with E-state index in [2.05, 4.69) is 57.7 Å². The summed E-state index contributed by atoms with van der Waals surface area (Å²) in [4.78, 5) is 2.43. The summed E-state index contributed by atoms with van der Waals surface area (Å²) in [6.45, 7) is 5.75. The van der Waals surface area contributed by atoms with Gasteiger partial charge in [0.25, 0.3) is 0 Å². The Hall–Kier alpha value is -0.350. The molecule has 1 aromatic rings. The summed E-state index contributed by atoms with van der Waals surface area (Å²) >= 11 is 3.45. The van der Waals surface area contributed by atoms with Gasteiger partial charge in [0.15, 0.2) is 0 Å². The van der Waals surface area contributed by atoms with Crippen LogP contribution in [0.15, 0.2) is 16.9 Å². The number of piperidine rings is 1. The number of nitrogens with zero attached hydrogens (tertiary/aromatic N) is 3. The van der Waals surface area contributed by atoms with Crippen LogP contribution < -0.4 is 0 Å². The zero-order valence-electron chi connectivity index (χ0n) is 9.57. The van der Waals surface area contributed by atoms with Crippen LogP contribution in [0.25, 0.3) is 0 Å². The van der Waals surface area contributed by atoms with Crippen molar-refractivity contribution in [2.75, 3.05) is 13.6 Å². The molecule has 0 N–H and O–H groups in total. The Morgan fingerprint density at radius 3 is 2.80 bits per heavy atom. The zero-order valence-corrected chi connectivity index (χ0v) is 11.2. The second kappa shape index (κ2) is 3.91. The van der Waals surface area contributed by atoms with Crippen LogP contribution in [-0.2, 0) is 0 Å². The minimum absolute atomic E-state index is 0.279. The summed E-state index contributed by atoms with van der Waals surface area (Å²) in [6.07, 6.45) is 6.29. The van der Waals surface area contributed by atoms with Gasteiger partial charge in [0.1, 0.15) is 0 Å². The first kappa shape index (κ1) is 11.1. The first-order valence-corrected chi connectivity index (χ1v) is 6.19. The summed E-state index contributed by atoms with van der Waals surface area (Å²) in [5, 5.41) is 4.38. The van der Waals surface area contributed by atoms with Crippen molar-refractivity contribution in [1.29, 1.82) is 0 Å². The van der Waals surface area contributed by atoms with Crippen LogP contribution in [0.3, 0.4) is 0 Å². The monoisotopic (exact) mass is 271 g/mol.